The molecule has 2 aromatic rings. The lowest BCUT2D eigenvalue weighted by atomic mass is 9.85. The van der Waals surface area contributed by atoms with Crippen LogP contribution in [0.25, 0.3) is 5.69 Å². The van der Waals surface area contributed by atoms with E-state index in [2.05, 4.69) is 0 Å². The zero-order valence-electron chi connectivity index (χ0n) is 14.0. The zero-order valence-corrected chi connectivity index (χ0v) is 14.0. The van der Waals surface area contributed by atoms with Gasteiger partial charge in [0, 0.05) is 30.5 Å². The van der Waals surface area contributed by atoms with Crippen molar-refractivity contribution in [3.05, 3.63) is 64.3 Å². The molecule has 130 valence electrons. The van der Waals surface area contributed by atoms with Crippen LogP contribution in [0.5, 0.6) is 0 Å². The molecule has 2 fully saturated rings. The van der Waals surface area contributed by atoms with Gasteiger partial charge < -0.3 is 4.90 Å². The van der Waals surface area contributed by atoms with Gasteiger partial charge >= 0.3 is 0 Å². The van der Waals surface area contributed by atoms with Crippen LogP contribution in [-0.4, -0.2) is 28.0 Å². The fourth-order valence-corrected chi connectivity index (χ4v) is 4.24. The lowest BCUT2D eigenvalue weighted by molar-refractivity contribution is 0.0689. The van der Waals surface area contributed by atoms with Crippen molar-refractivity contribution in [1.82, 2.24) is 9.47 Å². The molecular weight excluding hydrogens is 319 g/mol. The van der Waals surface area contributed by atoms with E-state index >= 15 is 0 Å². The molecule has 2 heterocycles. The number of aromatic nitrogens is 1. The highest BCUT2D eigenvalue weighted by molar-refractivity contribution is 5.94. The molecule has 0 N–H and O–H groups in total. The van der Waals surface area contributed by atoms with Crippen LogP contribution in [-0.2, 0) is 0 Å². The topological polar surface area (TPSA) is 42.3 Å². The van der Waals surface area contributed by atoms with Gasteiger partial charge in [0.25, 0.3) is 11.5 Å². The zero-order chi connectivity index (χ0) is 17.4. The number of pyridine rings is 1. The SMILES string of the molecule is O=C(c1ccc(=O)n(-c2ccc(F)cc2)c1)N1CC[C@H]2CCCC[C@@H]21. The summed E-state index contributed by atoms with van der Waals surface area (Å²) in [4.78, 5) is 27.2. The molecule has 1 saturated heterocycles. The fraction of sp³-hybridized carbons (Fsp3) is 0.400. The van der Waals surface area contributed by atoms with Crippen LogP contribution in [0.15, 0.2) is 47.4 Å². The van der Waals surface area contributed by atoms with Gasteiger partial charge in [-0.1, -0.05) is 12.8 Å². The smallest absolute Gasteiger partial charge is 0.255 e. The molecule has 4 rings (SSSR count). The van der Waals surface area contributed by atoms with Gasteiger partial charge in [-0.2, -0.15) is 0 Å². The number of rotatable bonds is 2. The van der Waals surface area contributed by atoms with Gasteiger partial charge in [0.05, 0.1) is 5.56 Å². The maximum atomic E-state index is 13.1. The van der Waals surface area contributed by atoms with Crippen LogP contribution >= 0.6 is 0 Å². The lowest BCUT2D eigenvalue weighted by Crippen LogP contribution is -2.39. The van der Waals surface area contributed by atoms with Crippen molar-refractivity contribution in [3.8, 4) is 5.69 Å². The average Bonchev–Trinajstić information content (AvgIpc) is 3.06. The van der Waals surface area contributed by atoms with Crippen molar-refractivity contribution >= 4 is 5.91 Å². The molecule has 0 unspecified atom stereocenters. The minimum absolute atomic E-state index is 0.00902. The predicted octanol–water partition coefficient (Wildman–Crippen LogP) is 3.38. The number of halogens is 1. The molecule has 1 aromatic carbocycles. The Morgan fingerprint density at radius 2 is 1.76 bits per heavy atom. The maximum absolute atomic E-state index is 13.1. The summed E-state index contributed by atoms with van der Waals surface area (Å²) in [6, 6.07) is 9.04. The van der Waals surface area contributed by atoms with Gasteiger partial charge in [-0.05, 0) is 55.5 Å². The Morgan fingerprint density at radius 1 is 1.00 bits per heavy atom. The predicted molar refractivity (Wildman–Crippen MR) is 93.4 cm³/mol. The summed E-state index contributed by atoms with van der Waals surface area (Å²) in [5, 5.41) is 0. The van der Waals surface area contributed by atoms with Crippen LogP contribution in [0.4, 0.5) is 4.39 Å². The summed E-state index contributed by atoms with van der Waals surface area (Å²) in [5.74, 6) is 0.260. The molecule has 0 spiro atoms. The standard InChI is InChI=1S/C20H21FN2O2/c21-16-6-8-17(9-7-16)23-13-15(5-10-19(23)24)20(25)22-12-11-14-3-1-2-4-18(14)22/h5-10,13-14,18H,1-4,11-12H2/t14-,18+/m1/s1. The number of nitrogens with zero attached hydrogens (tertiary/aromatic N) is 2. The maximum Gasteiger partial charge on any atom is 0.255 e. The molecule has 5 heteroatoms. The molecule has 2 atom stereocenters. The first-order chi connectivity index (χ1) is 12.1. The van der Waals surface area contributed by atoms with Crippen molar-refractivity contribution in [2.24, 2.45) is 5.92 Å². The lowest BCUT2D eigenvalue weighted by Gasteiger charge is -2.31. The van der Waals surface area contributed by atoms with Crippen LogP contribution in [0.1, 0.15) is 42.5 Å². The number of amides is 1. The Hall–Kier alpha value is -2.43. The Balaban J connectivity index is 1.64. The van der Waals surface area contributed by atoms with Crippen LogP contribution in [0.3, 0.4) is 0 Å². The number of benzene rings is 1. The van der Waals surface area contributed by atoms with E-state index in [9.17, 15) is 14.0 Å². The van der Waals surface area contributed by atoms with Crippen molar-refractivity contribution in [1.29, 1.82) is 0 Å². The summed E-state index contributed by atoms with van der Waals surface area (Å²) < 4.78 is 14.5. The van der Waals surface area contributed by atoms with E-state index in [1.165, 1.54) is 54.2 Å². The molecule has 1 saturated carbocycles. The first-order valence-electron chi connectivity index (χ1n) is 8.93. The van der Waals surface area contributed by atoms with Crippen molar-refractivity contribution < 1.29 is 9.18 Å². The molecule has 0 bridgehead atoms. The van der Waals surface area contributed by atoms with Crippen molar-refractivity contribution in [3.63, 3.8) is 0 Å². The summed E-state index contributed by atoms with van der Waals surface area (Å²) in [5.41, 5.74) is 0.827. The van der Waals surface area contributed by atoms with E-state index in [1.54, 1.807) is 12.3 Å². The van der Waals surface area contributed by atoms with Gasteiger partial charge in [-0.25, -0.2) is 4.39 Å². The minimum Gasteiger partial charge on any atom is -0.335 e. The minimum atomic E-state index is -0.357. The number of fused-ring (bicyclic) bond motifs is 1. The summed E-state index contributed by atoms with van der Waals surface area (Å²) >= 11 is 0. The molecule has 1 aliphatic heterocycles. The van der Waals surface area contributed by atoms with E-state index in [4.69, 9.17) is 0 Å². The first-order valence-corrected chi connectivity index (χ1v) is 8.93. The highest BCUT2D eigenvalue weighted by Gasteiger charge is 2.38. The van der Waals surface area contributed by atoms with Gasteiger partial charge in [0.2, 0.25) is 0 Å². The highest BCUT2D eigenvalue weighted by atomic mass is 19.1. The molecular formula is C20H21FN2O2. The molecule has 2 aliphatic rings. The van der Waals surface area contributed by atoms with Crippen LogP contribution in [0.2, 0.25) is 0 Å². The van der Waals surface area contributed by atoms with Crippen molar-refractivity contribution in [2.45, 2.75) is 38.1 Å². The average molecular weight is 340 g/mol. The highest BCUT2D eigenvalue weighted by Crippen LogP contribution is 2.36. The summed E-state index contributed by atoms with van der Waals surface area (Å²) in [7, 11) is 0. The molecule has 1 aromatic heterocycles. The number of hydrogen-bond acceptors (Lipinski definition) is 2. The molecule has 1 amide bonds. The third kappa shape index (κ3) is 2.99. The van der Waals surface area contributed by atoms with E-state index < -0.39 is 0 Å². The number of carbonyl (C=O) groups is 1. The van der Waals surface area contributed by atoms with Gasteiger partial charge in [0.15, 0.2) is 0 Å². The van der Waals surface area contributed by atoms with E-state index in [1.807, 2.05) is 4.90 Å². The van der Waals surface area contributed by atoms with E-state index in [-0.39, 0.29) is 17.3 Å². The number of carbonyl (C=O) groups excluding carboxylic acids is 1. The van der Waals surface area contributed by atoms with Gasteiger partial charge in [0.1, 0.15) is 5.82 Å². The largest absolute Gasteiger partial charge is 0.335 e. The first kappa shape index (κ1) is 16.1. The summed E-state index contributed by atoms with van der Waals surface area (Å²) in [6.45, 7) is 0.795. The molecule has 4 nitrogen and oxygen atoms in total. The third-order valence-corrected chi connectivity index (χ3v) is 5.53. The normalized spacial score (nSPS) is 22.7. The second-order valence-electron chi connectivity index (χ2n) is 7.00. The Kier molecular flexibility index (Phi) is 4.15. The summed E-state index contributed by atoms with van der Waals surface area (Å²) in [6.07, 6.45) is 7.39. The van der Waals surface area contributed by atoms with Gasteiger partial charge in [-0.3, -0.25) is 14.2 Å². The quantitative estimate of drug-likeness (QED) is 0.841. The monoisotopic (exact) mass is 340 g/mol. The molecule has 25 heavy (non-hydrogen) atoms. The van der Waals surface area contributed by atoms with Crippen molar-refractivity contribution in [2.75, 3.05) is 6.54 Å². The van der Waals surface area contributed by atoms with E-state index in [0.29, 0.717) is 23.2 Å². The fourth-order valence-electron chi connectivity index (χ4n) is 4.24. The second-order valence-corrected chi connectivity index (χ2v) is 7.00. The van der Waals surface area contributed by atoms with Crippen LogP contribution < -0.4 is 5.56 Å². The molecule has 0 radical (unpaired) electrons. The second kappa shape index (κ2) is 6.47. The van der Waals surface area contributed by atoms with E-state index in [0.717, 1.165) is 19.4 Å². The third-order valence-electron chi connectivity index (χ3n) is 5.53. The number of hydrogen-bond donors (Lipinski definition) is 0. The Labute approximate surface area is 145 Å². The van der Waals surface area contributed by atoms with Crippen LogP contribution in [0, 0.1) is 11.7 Å². The molecule has 1 aliphatic carbocycles. The van der Waals surface area contributed by atoms with Gasteiger partial charge in [-0.15, -0.1) is 0 Å². The Bertz CT molecular complexity index is 844. The number of likely N-dealkylation sites (tertiary alicyclic amines) is 1. The Morgan fingerprint density at radius 3 is 2.56 bits per heavy atom.